The van der Waals surface area contributed by atoms with Gasteiger partial charge in [0.05, 0.1) is 0 Å². The lowest BCUT2D eigenvalue weighted by Crippen LogP contribution is -2.46. The van der Waals surface area contributed by atoms with Crippen LogP contribution < -0.4 is 5.73 Å². The molecule has 1 rings (SSSR count). The molecule has 1 aromatic rings. The highest BCUT2D eigenvalue weighted by Crippen LogP contribution is 2.31. The average molecular weight is 207 g/mol. The Kier molecular flexibility index (Phi) is 3.48. The molecule has 1 aromatic carbocycles. The zero-order chi connectivity index (χ0) is 11.5. The van der Waals surface area contributed by atoms with Gasteiger partial charge >= 0.3 is 0 Å². The predicted molar refractivity (Wildman–Crippen MR) is 59.0 cm³/mol. The molecular weight excluding hydrogens is 190 g/mol. The van der Waals surface area contributed by atoms with Gasteiger partial charge in [-0.25, -0.2) is 0 Å². The number of nitrogens with two attached hydrogens (primary N) is 1. The molecule has 0 fully saturated rings. The fourth-order valence-corrected chi connectivity index (χ4v) is 1.66. The third-order valence-corrected chi connectivity index (χ3v) is 2.92. The van der Waals surface area contributed by atoms with Gasteiger partial charge in [0.1, 0.15) is 0 Å². The van der Waals surface area contributed by atoms with Gasteiger partial charge in [-0.1, -0.05) is 44.2 Å². The summed E-state index contributed by atoms with van der Waals surface area (Å²) < 4.78 is 0. The van der Waals surface area contributed by atoms with Crippen molar-refractivity contribution in [2.75, 3.05) is 0 Å². The van der Waals surface area contributed by atoms with E-state index in [9.17, 15) is 9.90 Å². The van der Waals surface area contributed by atoms with Gasteiger partial charge in [0, 0.05) is 0 Å². The Morgan fingerprint density at radius 2 is 2.00 bits per heavy atom. The van der Waals surface area contributed by atoms with Crippen LogP contribution in [0.2, 0.25) is 0 Å². The molecule has 82 valence electrons. The maximum absolute atomic E-state index is 11.4. The Hall–Kier alpha value is -1.35. The van der Waals surface area contributed by atoms with Crippen LogP contribution >= 0.6 is 0 Å². The number of benzene rings is 1. The van der Waals surface area contributed by atoms with Gasteiger partial charge in [0.15, 0.2) is 5.60 Å². The van der Waals surface area contributed by atoms with Crippen molar-refractivity contribution < 1.29 is 9.90 Å². The highest BCUT2D eigenvalue weighted by molar-refractivity contribution is 5.85. The van der Waals surface area contributed by atoms with Crippen LogP contribution in [-0.2, 0) is 10.4 Å². The normalized spacial score (nSPS) is 16.7. The molecule has 0 aliphatic rings. The number of hydrogen-bond acceptors (Lipinski definition) is 2. The number of primary amides is 1. The second-order valence-corrected chi connectivity index (χ2v) is 3.81. The predicted octanol–water partition coefficient (Wildman–Crippen LogP) is 1.41. The lowest BCUT2D eigenvalue weighted by atomic mass is 9.80. The summed E-state index contributed by atoms with van der Waals surface area (Å²) in [5.74, 6) is -0.888. The van der Waals surface area contributed by atoms with E-state index in [2.05, 4.69) is 0 Å². The van der Waals surface area contributed by atoms with E-state index in [-0.39, 0.29) is 5.92 Å². The molecule has 0 aliphatic carbocycles. The average Bonchev–Trinajstić information content (AvgIpc) is 2.27. The Morgan fingerprint density at radius 3 is 2.40 bits per heavy atom. The summed E-state index contributed by atoms with van der Waals surface area (Å²) in [6, 6.07) is 8.84. The van der Waals surface area contributed by atoms with Gasteiger partial charge in [0.2, 0.25) is 0 Å². The molecule has 0 radical (unpaired) electrons. The third-order valence-electron chi connectivity index (χ3n) is 2.92. The van der Waals surface area contributed by atoms with Gasteiger partial charge in [0.25, 0.3) is 5.91 Å². The molecule has 15 heavy (non-hydrogen) atoms. The number of hydrogen-bond donors (Lipinski definition) is 2. The van der Waals surface area contributed by atoms with Crippen molar-refractivity contribution in [3.63, 3.8) is 0 Å². The molecule has 0 bridgehead atoms. The van der Waals surface area contributed by atoms with E-state index in [1.165, 1.54) is 0 Å². The van der Waals surface area contributed by atoms with Crippen LogP contribution in [0.25, 0.3) is 0 Å². The van der Waals surface area contributed by atoms with E-state index in [0.29, 0.717) is 12.0 Å². The van der Waals surface area contributed by atoms with Crippen LogP contribution in [0.1, 0.15) is 25.8 Å². The van der Waals surface area contributed by atoms with Crippen molar-refractivity contribution in [1.82, 2.24) is 0 Å². The third kappa shape index (κ3) is 2.02. The van der Waals surface area contributed by atoms with E-state index in [4.69, 9.17) is 5.73 Å². The van der Waals surface area contributed by atoms with Crippen molar-refractivity contribution in [3.8, 4) is 0 Å². The first-order valence-corrected chi connectivity index (χ1v) is 5.11. The Balaban J connectivity index is 3.19. The maximum Gasteiger partial charge on any atom is 0.254 e. The van der Waals surface area contributed by atoms with Gasteiger partial charge in [-0.05, 0) is 17.9 Å². The first-order chi connectivity index (χ1) is 7.03. The molecule has 2 atom stereocenters. The SMILES string of the molecule is CCC(C)C(O)(C(N)=O)c1ccccc1. The number of amides is 1. The quantitative estimate of drug-likeness (QED) is 0.784. The zero-order valence-corrected chi connectivity index (χ0v) is 9.10. The maximum atomic E-state index is 11.4. The van der Waals surface area contributed by atoms with Crippen molar-refractivity contribution in [2.24, 2.45) is 11.7 Å². The number of carbonyl (C=O) groups excluding carboxylic acids is 1. The standard InChI is InChI=1S/C12H17NO2/c1-3-9(2)12(15,11(13)14)10-7-5-4-6-8-10/h4-9,15H,3H2,1-2H3,(H2,13,14). The molecule has 3 nitrogen and oxygen atoms in total. The summed E-state index contributed by atoms with van der Waals surface area (Å²) in [7, 11) is 0. The number of carbonyl (C=O) groups is 1. The lowest BCUT2D eigenvalue weighted by molar-refractivity contribution is -0.143. The highest BCUT2D eigenvalue weighted by atomic mass is 16.3. The summed E-state index contributed by atoms with van der Waals surface area (Å²) >= 11 is 0. The molecule has 0 spiro atoms. The number of rotatable bonds is 4. The molecule has 3 N–H and O–H groups in total. The smallest absolute Gasteiger partial charge is 0.254 e. The summed E-state index contributed by atoms with van der Waals surface area (Å²) in [5.41, 5.74) is 4.29. The first kappa shape index (κ1) is 11.7. The van der Waals surface area contributed by atoms with Crippen LogP contribution in [0.3, 0.4) is 0 Å². The fraction of sp³-hybridized carbons (Fsp3) is 0.417. The Bertz CT molecular complexity index is 337. The molecule has 0 aromatic heterocycles. The van der Waals surface area contributed by atoms with Crippen molar-refractivity contribution in [2.45, 2.75) is 25.9 Å². The minimum Gasteiger partial charge on any atom is -0.375 e. The minimum atomic E-state index is -1.56. The Labute approximate surface area is 89.9 Å². The molecule has 0 saturated carbocycles. The summed E-state index contributed by atoms with van der Waals surface area (Å²) in [5, 5.41) is 10.4. The van der Waals surface area contributed by atoms with E-state index in [1.54, 1.807) is 24.3 Å². The molecular formula is C12H17NO2. The highest BCUT2D eigenvalue weighted by Gasteiger charge is 2.40. The molecule has 3 heteroatoms. The molecule has 0 heterocycles. The van der Waals surface area contributed by atoms with Gasteiger partial charge in [-0.15, -0.1) is 0 Å². The second-order valence-electron chi connectivity index (χ2n) is 3.81. The molecule has 0 saturated heterocycles. The van der Waals surface area contributed by atoms with E-state index in [1.807, 2.05) is 19.9 Å². The summed E-state index contributed by atoms with van der Waals surface area (Å²) in [6.07, 6.45) is 0.689. The molecule has 2 unspecified atom stereocenters. The summed E-state index contributed by atoms with van der Waals surface area (Å²) in [4.78, 5) is 11.4. The van der Waals surface area contributed by atoms with Crippen molar-refractivity contribution >= 4 is 5.91 Å². The van der Waals surface area contributed by atoms with Crippen molar-refractivity contribution in [1.29, 1.82) is 0 Å². The van der Waals surface area contributed by atoms with Gasteiger partial charge in [-0.3, -0.25) is 4.79 Å². The zero-order valence-electron chi connectivity index (χ0n) is 9.10. The Morgan fingerprint density at radius 1 is 1.47 bits per heavy atom. The van der Waals surface area contributed by atoms with Gasteiger partial charge < -0.3 is 10.8 Å². The van der Waals surface area contributed by atoms with Crippen LogP contribution in [0.4, 0.5) is 0 Å². The van der Waals surface area contributed by atoms with Crippen LogP contribution in [-0.4, -0.2) is 11.0 Å². The number of aliphatic hydroxyl groups is 1. The van der Waals surface area contributed by atoms with E-state index < -0.39 is 11.5 Å². The second kappa shape index (κ2) is 4.45. The summed E-state index contributed by atoms with van der Waals surface area (Å²) in [6.45, 7) is 3.74. The van der Waals surface area contributed by atoms with Crippen LogP contribution in [0.5, 0.6) is 0 Å². The van der Waals surface area contributed by atoms with Gasteiger partial charge in [-0.2, -0.15) is 0 Å². The largest absolute Gasteiger partial charge is 0.375 e. The monoisotopic (exact) mass is 207 g/mol. The van der Waals surface area contributed by atoms with Crippen LogP contribution in [0.15, 0.2) is 30.3 Å². The van der Waals surface area contributed by atoms with E-state index >= 15 is 0 Å². The molecule has 0 aliphatic heterocycles. The molecule has 1 amide bonds. The minimum absolute atomic E-state index is 0.197. The van der Waals surface area contributed by atoms with Crippen LogP contribution in [0, 0.1) is 5.92 Å². The first-order valence-electron chi connectivity index (χ1n) is 5.11. The lowest BCUT2D eigenvalue weighted by Gasteiger charge is -2.30. The topological polar surface area (TPSA) is 63.3 Å². The van der Waals surface area contributed by atoms with Crippen molar-refractivity contribution in [3.05, 3.63) is 35.9 Å². The van der Waals surface area contributed by atoms with E-state index in [0.717, 1.165) is 0 Å². The fourth-order valence-electron chi connectivity index (χ4n) is 1.66.